The summed E-state index contributed by atoms with van der Waals surface area (Å²) in [5.74, 6) is -1.45. The maximum absolute atomic E-state index is 12.4. The molecule has 3 rings (SSSR count). The van der Waals surface area contributed by atoms with Gasteiger partial charge in [0, 0.05) is 23.4 Å². The highest BCUT2D eigenvalue weighted by molar-refractivity contribution is 5.98. The summed E-state index contributed by atoms with van der Waals surface area (Å²) in [4.78, 5) is 47.4. The molecule has 2 N–H and O–H groups in total. The first-order valence-electron chi connectivity index (χ1n) is 11.1. The lowest BCUT2D eigenvalue weighted by molar-refractivity contribution is -0.384. The van der Waals surface area contributed by atoms with E-state index in [4.69, 9.17) is 9.47 Å². The zero-order chi connectivity index (χ0) is 26.1. The number of hydrogen-bond donors (Lipinski definition) is 2. The van der Waals surface area contributed by atoms with Crippen LogP contribution in [0.15, 0.2) is 78.9 Å². The minimum atomic E-state index is -1.14. The Morgan fingerprint density at radius 1 is 0.944 bits per heavy atom. The quantitative estimate of drug-likeness (QED) is 0.250. The lowest BCUT2D eigenvalue weighted by Gasteiger charge is -2.17. The second-order valence-corrected chi connectivity index (χ2v) is 7.87. The van der Waals surface area contributed by atoms with E-state index >= 15 is 0 Å². The molecule has 0 bridgehead atoms. The van der Waals surface area contributed by atoms with Gasteiger partial charge < -0.3 is 20.1 Å². The molecule has 0 aromatic heterocycles. The van der Waals surface area contributed by atoms with Crippen molar-refractivity contribution >= 4 is 29.2 Å². The first-order chi connectivity index (χ1) is 17.2. The highest BCUT2D eigenvalue weighted by Gasteiger charge is 2.24. The second-order valence-electron chi connectivity index (χ2n) is 7.87. The number of rotatable bonds is 10. The summed E-state index contributed by atoms with van der Waals surface area (Å²) >= 11 is 0. The van der Waals surface area contributed by atoms with Gasteiger partial charge in [-0.1, -0.05) is 36.4 Å². The van der Waals surface area contributed by atoms with Crippen LogP contribution in [0.5, 0.6) is 5.75 Å². The highest BCUT2D eigenvalue weighted by Crippen LogP contribution is 2.18. The summed E-state index contributed by atoms with van der Waals surface area (Å²) in [7, 11) is 0. The standard InChI is InChI=1S/C26H25N3O7/c1-17(27-25(31)20-9-6-10-22(15-20)29(33)34)26(32)36-18(2)24(30)28-21-11-13-23(14-12-21)35-16-19-7-4-3-5-8-19/h3-15,17-18H,16H2,1-2H3,(H,27,31)(H,28,30). The minimum absolute atomic E-state index is 0.0193. The number of nitro groups is 1. The number of ether oxygens (including phenoxy) is 2. The molecule has 2 amide bonds. The maximum Gasteiger partial charge on any atom is 0.329 e. The van der Waals surface area contributed by atoms with Crippen molar-refractivity contribution in [3.8, 4) is 5.75 Å². The summed E-state index contributed by atoms with van der Waals surface area (Å²) < 4.78 is 10.9. The van der Waals surface area contributed by atoms with Gasteiger partial charge in [-0.2, -0.15) is 0 Å². The van der Waals surface area contributed by atoms with Crippen LogP contribution in [-0.4, -0.2) is 34.9 Å². The summed E-state index contributed by atoms with van der Waals surface area (Å²) in [6, 6.07) is 20.4. The van der Waals surface area contributed by atoms with Gasteiger partial charge in [-0.3, -0.25) is 19.7 Å². The smallest absolute Gasteiger partial charge is 0.329 e. The van der Waals surface area contributed by atoms with Crippen LogP contribution in [0.1, 0.15) is 29.8 Å². The molecule has 0 saturated carbocycles. The molecule has 10 heteroatoms. The Hall–Kier alpha value is -4.73. The fraction of sp³-hybridized carbons (Fsp3) is 0.192. The van der Waals surface area contributed by atoms with Crippen molar-refractivity contribution < 1.29 is 28.8 Å². The molecule has 0 saturated heterocycles. The minimum Gasteiger partial charge on any atom is -0.489 e. The molecule has 0 aliphatic heterocycles. The monoisotopic (exact) mass is 491 g/mol. The van der Waals surface area contributed by atoms with Gasteiger partial charge in [-0.15, -0.1) is 0 Å². The van der Waals surface area contributed by atoms with Gasteiger partial charge in [0.15, 0.2) is 6.10 Å². The average molecular weight is 492 g/mol. The predicted octanol–water partition coefficient (Wildman–Crippen LogP) is 3.86. The van der Waals surface area contributed by atoms with E-state index in [1.807, 2.05) is 30.3 Å². The van der Waals surface area contributed by atoms with Gasteiger partial charge in [0.25, 0.3) is 17.5 Å². The van der Waals surface area contributed by atoms with Crippen LogP contribution in [0, 0.1) is 10.1 Å². The number of non-ortho nitro benzene ring substituents is 1. The normalized spacial score (nSPS) is 12.1. The number of esters is 1. The van der Waals surface area contributed by atoms with Crippen molar-refractivity contribution in [2.45, 2.75) is 32.6 Å². The number of carbonyl (C=O) groups excluding carboxylic acids is 3. The fourth-order valence-corrected chi connectivity index (χ4v) is 3.05. The molecule has 0 radical (unpaired) electrons. The Kier molecular flexibility index (Phi) is 8.71. The van der Waals surface area contributed by atoms with Gasteiger partial charge in [0.1, 0.15) is 18.4 Å². The number of amides is 2. The number of nitrogens with one attached hydrogen (secondary N) is 2. The summed E-state index contributed by atoms with van der Waals surface area (Å²) in [5, 5.41) is 15.9. The molecule has 3 aromatic rings. The molecule has 3 aromatic carbocycles. The molecular weight excluding hydrogens is 466 g/mol. The zero-order valence-electron chi connectivity index (χ0n) is 19.7. The molecule has 0 spiro atoms. The lowest BCUT2D eigenvalue weighted by atomic mass is 10.2. The van der Waals surface area contributed by atoms with Crippen LogP contribution in [-0.2, 0) is 20.9 Å². The second kappa shape index (κ2) is 12.1. The van der Waals surface area contributed by atoms with Gasteiger partial charge >= 0.3 is 5.97 Å². The third-order valence-corrected chi connectivity index (χ3v) is 5.05. The number of hydrogen-bond acceptors (Lipinski definition) is 7. The SMILES string of the molecule is CC(NC(=O)c1cccc([N+](=O)[O-])c1)C(=O)OC(C)C(=O)Nc1ccc(OCc2ccccc2)cc1. The van der Waals surface area contributed by atoms with Crippen LogP contribution in [0.2, 0.25) is 0 Å². The van der Waals surface area contributed by atoms with Crippen molar-refractivity contribution in [2.24, 2.45) is 0 Å². The summed E-state index contributed by atoms with van der Waals surface area (Å²) in [6.07, 6.45) is -1.14. The van der Waals surface area contributed by atoms with Crippen molar-refractivity contribution in [3.63, 3.8) is 0 Å². The Balaban J connectivity index is 1.47. The number of nitrogens with zero attached hydrogens (tertiary/aromatic N) is 1. The van der Waals surface area contributed by atoms with E-state index in [0.717, 1.165) is 11.6 Å². The summed E-state index contributed by atoms with van der Waals surface area (Å²) in [6.45, 7) is 3.20. The van der Waals surface area contributed by atoms with E-state index in [9.17, 15) is 24.5 Å². The van der Waals surface area contributed by atoms with E-state index in [2.05, 4.69) is 10.6 Å². The Morgan fingerprint density at radius 3 is 2.31 bits per heavy atom. The third-order valence-electron chi connectivity index (χ3n) is 5.05. The van der Waals surface area contributed by atoms with Gasteiger partial charge in [0.05, 0.1) is 4.92 Å². The lowest BCUT2D eigenvalue weighted by Crippen LogP contribution is -2.42. The van der Waals surface area contributed by atoms with Crippen molar-refractivity contribution in [2.75, 3.05) is 5.32 Å². The predicted molar refractivity (Wildman–Crippen MR) is 131 cm³/mol. The van der Waals surface area contributed by atoms with Gasteiger partial charge in [-0.25, -0.2) is 4.79 Å². The number of carbonyl (C=O) groups is 3. The average Bonchev–Trinajstić information content (AvgIpc) is 2.88. The van der Waals surface area contributed by atoms with E-state index in [1.54, 1.807) is 24.3 Å². The number of anilines is 1. The van der Waals surface area contributed by atoms with Crippen LogP contribution >= 0.6 is 0 Å². The van der Waals surface area contributed by atoms with Gasteiger partial charge in [-0.05, 0) is 49.7 Å². The molecular formula is C26H25N3O7. The molecule has 0 heterocycles. The molecule has 0 aliphatic rings. The molecule has 36 heavy (non-hydrogen) atoms. The van der Waals surface area contributed by atoms with Crippen LogP contribution in [0.4, 0.5) is 11.4 Å². The van der Waals surface area contributed by atoms with Gasteiger partial charge in [0.2, 0.25) is 0 Å². The highest BCUT2D eigenvalue weighted by atomic mass is 16.6. The molecule has 186 valence electrons. The number of benzene rings is 3. The van der Waals surface area contributed by atoms with Crippen LogP contribution in [0.3, 0.4) is 0 Å². The van der Waals surface area contributed by atoms with Crippen molar-refractivity contribution in [1.82, 2.24) is 5.32 Å². The molecule has 10 nitrogen and oxygen atoms in total. The first-order valence-corrected chi connectivity index (χ1v) is 11.1. The molecule has 0 aliphatic carbocycles. The Labute approximate surface area is 207 Å². The third kappa shape index (κ3) is 7.39. The fourth-order valence-electron chi connectivity index (χ4n) is 3.05. The summed E-state index contributed by atoms with van der Waals surface area (Å²) in [5.41, 5.74) is 1.29. The van der Waals surface area contributed by atoms with Crippen molar-refractivity contribution in [1.29, 1.82) is 0 Å². The van der Waals surface area contributed by atoms with Crippen LogP contribution < -0.4 is 15.4 Å². The Morgan fingerprint density at radius 2 is 1.64 bits per heavy atom. The van der Waals surface area contributed by atoms with E-state index in [1.165, 1.54) is 32.0 Å². The maximum atomic E-state index is 12.4. The van der Waals surface area contributed by atoms with E-state index in [-0.39, 0.29) is 11.3 Å². The van der Waals surface area contributed by atoms with E-state index in [0.29, 0.717) is 18.0 Å². The molecule has 2 atom stereocenters. The largest absolute Gasteiger partial charge is 0.489 e. The first kappa shape index (κ1) is 25.9. The Bertz CT molecular complexity index is 1230. The van der Waals surface area contributed by atoms with Crippen LogP contribution in [0.25, 0.3) is 0 Å². The van der Waals surface area contributed by atoms with E-state index < -0.39 is 34.9 Å². The topological polar surface area (TPSA) is 137 Å². The molecule has 0 fully saturated rings. The molecule has 2 unspecified atom stereocenters. The zero-order valence-corrected chi connectivity index (χ0v) is 19.7. The number of nitro benzene ring substituents is 1. The van der Waals surface area contributed by atoms with Crippen molar-refractivity contribution in [3.05, 3.63) is 100 Å².